The molecule has 0 spiro atoms. The van der Waals surface area contributed by atoms with Crippen LogP contribution in [-0.4, -0.2) is 6.66 Å². The average Bonchev–Trinajstić information content (AvgIpc) is 2.91. The minimum atomic E-state index is -3.05. The molecule has 170 valence electrons. The molecule has 5 aromatic rings. The second-order valence-corrected chi connectivity index (χ2v) is 13.7. The van der Waals surface area contributed by atoms with Crippen LogP contribution in [0, 0.1) is 0 Å². The number of halogens is 1. The minimum absolute atomic E-state index is 0. The first-order valence-electron chi connectivity index (χ1n) is 11.2. The Labute approximate surface area is 212 Å². The molecule has 0 bridgehead atoms. The number of benzene rings is 5. The topological polar surface area (TPSA) is 9.23 Å². The van der Waals surface area contributed by atoms with Crippen molar-refractivity contribution in [3.63, 3.8) is 0 Å². The van der Waals surface area contributed by atoms with E-state index in [4.69, 9.17) is 4.74 Å². The molecule has 0 aliphatic rings. The van der Waals surface area contributed by atoms with Gasteiger partial charge in [-0.05, 0) is 0 Å². The molecule has 5 aromatic carbocycles. The molecule has 3 heteroatoms. The van der Waals surface area contributed by atoms with Crippen LogP contribution in [0.25, 0.3) is 0 Å². The van der Waals surface area contributed by atoms with Gasteiger partial charge in [-0.1, -0.05) is 0 Å². The van der Waals surface area contributed by atoms with Crippen molar-refractivity contribution in [3.8, 4) is 11.5 Å². The van der Waals surface area contributed by atoms with Gasteiger partial charge in [-0.25, -0.2) is 0 Å². The molecule has 0 N–H and O–H groups in total. The standard InChI is InChI=1S/C31H27OP.BrH/c1-33(28-18-8-3-9-19-28,29-20-10-4-11-21-29,30-22-12-5-13-23-30)31-24-14-17-27(25-31)32-26-15-6-2-7-16-26;/h2-25H,1H3;1H. The summed E-state index contributed by atoms with van der Waals surface area (Å²) in [6, 6.07) is 51.5. The van der Waals surface area contributed by atoms with Crippen molar-refractivity contribution in [1.82, 2.24) is 0 Å². The fourth-order valence-corrected chi connectivity index (χ4v) is 10.3. The molecule has 0 aliphatic carbocycles. The van der Waals surface area contributed by atoms with E-state index in [9.17, 15) is 0 Å². The summed E-state index contributed by atoms with van der Waals surface area (Å²) in [5.41, 5.74) is 0. The molecule has 0 aliphatic heterocycles. The second kappa shape index (κ2) is 9.97. The molecule has 0 saturated carbocycles. The normalized spacial score (nSPS) is 12.1. The van der Waals surface area contributed by atoms with E-state index in [1.165, 1.54) is 21.2 Å². The van der Waals surface area contributed by atoms with E-state index in [1.54, 1.807) is 0 Å². The van der Waals surface area contributed by atoms with Crippen molar-refractivity contribution in [2.45, 2.75) is 0 Å². The molecule has 0 amide bonds. The quantitative estimate of drug-likeness (QED) is 0.220. The second-order valence-electron chi connectivity index (χ2n) is 8.48. The van der Waals surface area contributed by atoms with Gasteiger partial charge in [-0.15, -0.1) is 17.0 Å². The first-order valence-corrected chi connectivity index (χ1v) is 13.9. The van der Waals surface area contributed by atoms with Gasteiger partial charge in [0.1, 0.15) is 0 Å². The van der Waals surface area contributed by atoms with Crippen LogP contribution in [0.2, 0.25) is 0 Å². The van der Waals surface area contributed by atoms with Crippen LogP contribution in [0.5, 0.6) is 11.5 Å². The van der Waals surface area contributed by atoms with E-state index in [0.717, 1.165) is 11.5 Å². The number of hydrogen-bond donors (Lipinski definition) is 0. The van der Waals surface area contributed by atoms with E-state index < -0.39 is 6.60 Å². The molecule has 34 heavy (non-hydrogen) atoms. The Morgan fingerprint density at radius 1 is 0.412 bits per heavy atom. The summed E-state index contributed by atoms with van der Waals surface area (Å²) in [5, 5.41) is 5.27. The third kappa shape index (κ3) is 3.98. The number of hydrogen-bond acceptors (Lipinski definition) is 1. The Kier molecular flexibility index (Phi) is 7.03. The first-order chi connectivity index (χ1) is 16.2. The molecule has 5 rings (SSSR count). The van der Waals surface area contributed by atoms with Crippen molar-refractivity contribution >= 4 is 44.8 Å². The van der Waals surface area contributed by atoms with Gasteiger partial charge in [0, 0.05) is 0 Å². The van der Waals surface area contributed by atoms with Crippen LogP contribution < -0.4 is 26.0 Å². The van der Waals surface area contributed by atoms with Crippen LogP contribution in [-0.2, 0) is 0 Å². The summed E-state index contributed by atoms with van der Waals surface area (Å²) >= 11 is 0. The maximum atomic E-state index is 6.29. The van der Waals surface area contributed by atoms with E-state index in [1.807, 2.05) is 36.4 Å². The van der Waals surface area contributed by atoms with Gasteiger partial charge in [0.15, 0.2) is 0 Å². The van der Waals surface area contributed by atoms with Crippen molar-refractivity contribution in [2.75, 3.05) is 6.66 Å². The molecule has 1 nitrogen and oxygen atoms in total. The molecular formula is C31H28BrOP. The zero-order chi connectivity index (χ0) is 22.6. The summed E-state index contributed by atoms with van der Waals surface area (Å²) < 4.78 is 6.29. The summed E-state index contributed by atoms with van der Waals surface area (Å²) in [6.45, 7) is -0.587. The fraction of sp³-hybridized carbons (Fsp3) is 0.0323. The van der Waals surface area contributed by atoms with Crippen LogP contribution >= 0.6 is 23.6 Å². The Bertz CT molecular complexity index is 1240. The van der Waals surface area contributed by atoms with Gasteiger partial charge in [0.2, 0.25) is 0 Å². The zero-order valence-corrected chi connectivity index (χ0v) is 21.7. The van der Waals surface area contributed by atoms with Crippen LogP contribution in [0.3, 0.4) is 0 Å². The third-order valence-electron chi connectivity index (χ3n) is 6.65. The van der Waals surface area contributed by atoms with Gasteiger partial charge < -0.3 is 0 Å². The van der Waals surface area contributed by atoms with Crippen molar-refractivity contribution in [3.05, 3.63) is 146 Å². The predicted octanol–water partition coefficient (Wildman–Crippen LogP) is 6.84. The van der Waals surface area contributed by atoms with E-state index in [-0.39, 0.29) is 17.0 Å². The van der Waals surface area contributed by atoms with E-state index in [2.05, 4.69) is 116 Å². The number of ether oxygens (including phenoxy) is 1. The Balaban J connectivity index is 0.00000274. The van der Waals surface area contributed by atoms with Crippen molar-refractivity contribution in [1.29, 1.82) is 0 Å². The first kappa shape index (κ1) is 24.0. The van der Waals surface area contributed by atoms with Crippen molar-refractivity contribution < 1.29 is 4.74 Å². The predicted molar refractivity (Wildman–Crippen MR) is 154 cm³/mol. The molecule has 0 heterocycles. The molecule has 0 saturated heterocycles. The van der Waals surface area contributed by atoms with E-state index >= 15 is 0 Å². The molecular weight excluding hydrogens is 499 g/mol. The summed E-state index contributed by atoms with van der Waals surface area (Å²) in [4.78, 5) is 0. The molecule has 0 aromatic heterocycles. The van der Waals surface area contributed by atoms with Gasteiger partial charge in [-0.3, -0.25) is 0 Å². The van der Waals surface area contributed by atoms with Gasteiger partial charge in [-0.2, -0.15) is 0 Å². The average molecular weight is 527 g/mol. The Morgan fingerprint density at radius 2 is 0.765 bits per heavy atom. The van der Waals surface area contributed by atoms with Gasteiger partial charge >= 0.3 is 196 Å². The molecule has 0 radical (unpaired) electrons. The van der Waals surface area contributed by atoms with Crippen LogP contribution in [0.15, 0.2) is 146 Å². The SMILES string of the molecule is Br.CP(c1ccccc1)(c1ccccc1)(c1ccccc1)c1cccc(Oc2ccccc2)c1. The number of para-hydroxylation sites is 1. The fourth-order valence-electron chi connectivity index (χ4n) is 4.82. The Hall–Kier alpha value is -3.19. The van der Waals surface area contributed by atoms with Gasteiger partial charge in [0.25, 0.3) is 0 Å². The van der Waals surface area contributed by atoms with Crippen molar-refractivity contribution in [2.24, 2.45) is 0 Å². The molecule has 0 unspecified atom stereocenters. The zero-order valence-electron chi connectivity index (χ0n) is 19.1. The Morgan fingerprint density at radius 3 is 1.21 bits per heavy atom. The summed E-state index contributed by atoms with van der Waals surface area (Å²) in [7, 11) is 0. The summed E-state index contributed by atoms with van der Waals surface area (Å²) in [5.74, 6) is 1.68. The van der Waals surface area contributed by atoms with Crippen LogP contribution in [0.4, 0.5) is 0 Å². The molecule has 0 fully saturated rings. The van der Waals surface area contributed by atoms with Crippen LogP contribution in [0.1, 0.15) is 0 Å². The summed E-state index contributed by atoms with van der Waals surface area (Å²) in [6.07, 6.45) is 0. The van der Waals surface area contributed by atoms with E-state index in [0.29, 0.717) is 0 Å². The monoisotopic (exact) mass is 526 g/mol. The van der Waals surface area contributed by atoms with Gasteiger partial charge in [0.05, 0.1) is 0 Å². The molecule has 0 atom stereocenters. The number of rotatable bonds is 6. The third-order valence-corrected chi connectivity index (χ3v) is 13.0. The maximum absolute atomic E-state index is 6.29.